The van der Waals surface area contributed by atoms with Gasteiger partial charge in [0.1, 0.15) is 5.82 Å². The van der Waals surface area contributed by atoms with E-state index >= 15 is 0 Å². The smallest absolute Gasteiger partial charge is 0.231 e. The van der Waals surface area contributed by atoms with Gasteiger partial charge in [-0.15, -0.1) is 0 Å². The van der Waals surface area contributed by atoms with Crippen molar-refractivity contribution in [2.75, 3.05) is 43.1 Å². The Balaban J connectivity index is 1.44. The number of nitrogens with one attached hydrogen (secondary N) is 2. The van der Waals surface area contributed by atoms with Gasteiger partial charge in [-0.05, 0) is 67.9 Å². The van der Waals surface area contributed by atoms with Crippen LogP contribution in [0, 0.1) is 18.8 Å². The van der Waals surface area contributed by atoms with Crippen molar-refractivity contribution in [2.45, 2.75) is 45.4 Å². The third-order valence-corrected chi connectivity index (χ3v) is 7.21. The van der Waals surface area contributed by atoms with Gasteiger partial charge in [0.05, 0.1) is 0 Å². The van der Waals surface area contributed by atoms with Gasteiger partial charge in [-0.1, -0.05) is 37.6 Å². The molecule has 2 atom stereocenters. The molecule has 4 rings (SSSR count). The topological polar surface area (TPSA) is 62.3 Å². The van der Waals surface area contributed by atoms with E-state index in [1.165, 1.54) is 12.0 Å². The van der Waals surface area contributed by atoms with Crippen molar-refractivity contribution in [3.8, 4) is 0 Å². The number of benzene rings is 1. The number of aryl methyl sites for hydroxylation is 1. The summed E-state index contributed by atoms with van der Waals surface area (Å²) in [5.74, 6) is 2.82. The molecular formula is C25H34ClN5OS. The molecule has 3 heterocycles. The van der Waals surface area contributed by atoms with E-state index in [0.717, 1.165) is 55.7 Å². The van der Waals surface area contributed by atoms with E-state index in [-0.39, 0.29) is 5.41 Å². The summed E-state index contributed by atoms with van der Waals surface area (Å²) in [7, 11) is 0. The zero-order valence-corrected chi connectivity index (χ0v) is 21.3. The summed E-state index contributed by atoms with van der Waals surface area (Å²) in [6.07, 6.45) is 3.10. The van der Waals surface area contributed by atoms with Crippen molar-refractivity contribution in [3.05, 3.63) is 46.6 Å². The molecule has 6 nitrogen and oxygen atoms in total. The van der Waals surface area contributed by atoms with Gasteiger partial charge in [0.2, 0.25) is 5.95 Å². The van der Waals surface area contributed by atoms with Crippen LogP contribution in [0.2, 0.25) is 5.02 Å². The zero-order chi connectivity index (χ0) is 23.4. The molecule has 0 spiro atoms. The lowest BCUT2D eigenvalue weighted by atomic mass is 9.74. The number of nitrogens with zero attached hydrogens (tertiary/aromatic N) is 3. The summed E-state index contributed by atoms with van der Waals surface area (Å²) in [4.78, 5) is 11.7. The van der Waals surface area contributed by atoms with Crippen LogP contribution in [0.5, 0.6) is 0 Å². The van der Waals surface area contributed by atoms with Crippen molar-refractivity contribution in [3.63, 3.8) is 0 Å². The first-order valence-electron chi connectivity index (χ1n) is 11.8. The summed E-state index contributed by atoms with van der Waals surface area (Å²) in [5.41, 5.74) is 2.07. The third kappa shape index (κ3) is 6.14. The third-order valence-electron chi connectivity index (χ3n) is 6.73. The van der Waals surface area contributed by atoms with Crippen LogP contribution in [0.25, 0.3) is 0 Å². The number of hydrogen-bond acceptors (Lipinski definition) is 5. The normalized spacial score (nSPS) is 22.6. The minimum atomic E-state index is -0.0758. The quantitative estimate of drug-likeness (QED) is 0.578. The Morgan fingerprint density at radius 2 is 1.91 bits per heavy atom. The Bertz CT molecular complexity index is 971. The first-order valence-corrected chi connectivity index (χ1v) is 12.6. The average molecular weight is 488 g/mol. The minimum Gasteiger partial charge on any atom is -0.381 e. The SMILES string of the molecule is Cc1cc(N2CC(C)CC(C)C2)nc(NC(=S)NCC2(c3cccc(Cl)c3)CCOCC2)n1. The molecule has 0 saturated carbocycles. The van der Waals surface area contributed by atoms with Gasteiger partial charge in [-0.25, -0.2) is 4.98 Å². The largest absolute Gasteiger partial charge is 0.381 e. The number of aromatic nitrogens is 2. The molecule has 1 aromatic carbocycles. The predicted molar refractivity (Wildman–Crippen MR) is 139 cm³/mol. The summed E-state index contributed by atoms with van der Waals surface area (Å²) in [6.45, 7) is 10.8. The Kier molecular flexibility index (Phi) is 7.72. The summed E-state index contributed by atoms with van der Waals surface area (Å²) >= 11 is 11.9. The van der Waals surface area contributed by atoms with Crippen LogP contribution in [-0.4, -0.2) is 47.9 Å². The number of rotatable bonds is 5. The van der Waals surface area contributed by atoms with Gasteiger partial charge in [-0.2, -0.15) is 4.98 Å². The predicted octanol–water partition coefficient (Wildman–Crippen LogP) is 4.96. The van der Waals surface area contributed by atoms with E-state index in [1.54, 1.807) is 0 Å². The Morgan fingerprint density at radius 3 is 2.61 bits per heavy atom. The number of anilines is 2. The molecule has 178 valence electrons. The van der Waals surface area contributed by atoms with E-state index in [4.69, 9.17) is 33.5 Å². The molecule has 33 heavy (non-hydrogen) atoms. The van der Waals surface area contributed by atoms with Gasteiger partial charge < -0.3 is 20.3 Å². The number of piperidine rings is 1. The molecule has 2 fully saturated rings. The van der Waals surface area contributed by atoms with Gasteiger partial charge in [0.15, 0.2) is 5.11 Å². The van der Waals surface area contributed by atoms with Crippen molar-refractivity contribution in [2.24, 2.45) is 11.8 Å². The maximum Gasteiger partial charge on any atom is 0.231 e. The second kappa shape index (κ2) is 10.5. The van der Waals surface area contributed by atoms with Crippen LogP contribution in [-0.2, 0) is 10.2 Å². The molecule has 8 heteroatoms. The molecule has 2 saturated heterocycles. The lowest BCUT2D eigenvalue weighted by Gasteiger charge is -2.38. The molecule has 2 aliphatic rings. The number of ether oxygens (including phenoxy) is 1. The first-order chi connectivity index (χ1) is 15.8. The minimum absolute atomic E-state index is 0.0758. The standard InChI is InChI=1S/C25H34ClN5OS/c1-17-11-18(2)15-31(14-17)22-12-19(3)28-23(29-22)30-24(33)27-16-25(7-9-32-10-8-25)20-5-4-6-21(26)13-20/h4-6,12-13,17-18H,7-11,14-16H2,1-3H3,(H2,27,28,29,30,33). The maximum atomic E-state index is 6.30. The van der Waals surface area contributed by atoms with Gasteiger partial charge in [0, 0.05) is 55.0 Å². The highest BCUT2D eigenvalue weighted by Gasteiger charge is 2.35. The summed E-state index contributed by atoms with van der Waals surface area (Å²) < 4.78 is 5.64. The van der Waals surface area contributed by atoms with E-state index < -0.39 is 0 Å². The Labute approximate surface area is 207 Å². The molecule has 2 aromatic rings. The Morgan fingerprint density at radius 1 is 1.18 bits per heavy atom. The fraction of sp³-hybridized carbons (Fsp3) is 0.560. The fourth-order valence-corrected chi connectivity index (χ4v) is 5.52. The maximum absolute atomic E-state index is 6.30. The van der Waals surface area contributed by atoms with E-state index in [9.17, 15) is 0 Å². The molecule has 2 N–H and O–H groups in total. The highest BCUT2D eigenvalue weighted by molar-refractivity contribution is 7.80. The van der Waals surface area contributed by atoms with Crippen LogP contribution in [0.4, 0.5) is 11.8 Å². The van der Waals surface area contributed by atoms with Crippen molar-refractivity contribution in [1.82, 2.24) is 15.3 Å². The van der Waals surface area contributed by atoms with Crippen LogP contribution < -0.4 is 15.5 Å². The molecule has 0 aliphatic carbocycles. The zero-order valence-electron chi connectivity index (χ0n) is 19.7. The lowest BCUT2D eigenvalue weighted by molar-refractivity contribution is 0.0515. The average Bonchev–Trinajstić information content (AvgIpc) is 2.77. The van der Waals surface area contributed by atoms with Crippen LogP contribution in [0.1, 0.15) is 44.4 Å². The van der Waals surface area contributed by atoms with Crippen molar-refractivity contribution < 1.29 is 4.74 Å². The first kappa shape index (κ1) is 24.2. The second-order valence-electron chi connectivity index (χ2n) is 9.75. The summed E-state index contributed by atoms with van der Waals surface area (Å²) in [5, 5.41) is 7.92. The highest BCUT2D eigenvalue weighted by atomic mass is 35.5. The number of hydrogen-bond donors (Lipinski definition) is 2. The van der Waals surface area contributed by atoms with Crippen LogP contribution in [0.3, 0.4) is 0 Å². The molecule has 0 bridgehead atoms. The molecule has 0 amide bonds. The van der Waals surface area contributed by atoms with E-state index in [0.29, 0.717) is 29.4 Å². The van der Waals surface area contributed by atoms with Gasteiger partial charge >= 0.3 is 0 Å². The number of thiocarbonyl (C=S) groups is 1. The highest BCUT2D eigenvalue weighted by Crippen LogP contribution is 2.35. The number of halogens is 1. The molecule has 0 radical (unpaired) electrons. The van der Waals surface area contributed by atoms with E-state index in [1.807, 2.05) is 19.1 Å². The van der Waals surface area contributed by atoms with Gasteiger partial charge in [-0.3, -0.25) is 0 Å². The molecule has 2 unspecified atom stereocenters. The van der Waals surface area contributed by atoms with Crippen LogP contribution in [0.15, 0.2) is 30.3 Å². The van der Waals surface area contributed by atoms with Crippen molar-refractivity contribution in [1.29, 1.82) is 0 Å². The molecule has 1 aromatic heterocycles. The second-order valence-corrected chi connectivity index (χ2v) is 10.6. The van der Waals surface area contributed by atoms with Crippen LogP contribution >= 0.6 is 23.8 Å². The summed E-state index contributed by atoms with van der Waals surface area (Å²) in [6, 6.07) is 10.2. The van der Waals surface area contributed by atoms with Crippen molar-refractivity contribution >= 4 is 40.7 Å². The monoisotopic (exact) mass is 487 g/mol. The molecular weight excluding hydrogens is 454 g/mol. The fourth-order valence-electron chi connectivity index (χ4n) is 5.16. The molecule has 2 aliphatic heterocycles. The van der Waals surface area contributed by atoms with E-state index in [2.05, 4.69) is 52.6 Å². The lowest BCUT2D eigenvalue weighted by Crippen LogP contribution is -2.45. The Hall–Kier alpha value is -1.96. The van der Waals surface area contributed by atoms with Gasteiger partial charge in [0.25, 0.3) is 0 Å².